The number of rotatable bonds is 6. The molecule has 0 radical (unpaired) electrons. The molecule has 20 heavy (non-hydrogen) atoms. The summed E-state index contributed by atoms with van der Waals surface area (Å²) >= 11 is 3.42. The van der Waals surface area contributed by atoms with E-state index in [1.54, 1.807) is 0 Å². The third-order valence-corrected chi connectivity index (χ3v) is 3.19. The van der Waals surface area contributed by atoms with E-state index in [0.29, 0.717) is 13.1 Å². The lowest BCUT2D eigenvalue weighted by molar-refractivity contribution is -0.145. The topological polar surface area (TPSA) is 58.6 Å². The second kappa shape index (κ2) is 8.01. The van der Waals surface area contributed by atoms with Crippen LogP contribution in [0, 0.1) is 0 Å². The summed E-state index contributed by atoms with van der Waals surface area (Å²) < 4.78 is 5.70. The fourth-order valence-electron chi connectivity index (χ4n) is 1.89. The minimum Gasteiger partial charge on any atom is -0.467 e. The molecule has 0 saturated carbocycles. The van der Waals surface area contributed by atoms with Gasteiger partial charge in [-0.1, -0.05) is 28.1 Å². The maximum Gasteiger partial charge on any atom is 0.329 e. The zero-order chi connectivity index (χ0) is 15.1. The lowest BCUT2D eigenvalue weighted by atomic mass is 10.2. The van der Waals surface area contributed by atoms with Crippen molar-refractivity contribution in [3.05, 3.63) is 34.3 Å². The molecule has 1 atom stereocenters. The first kappa shape index (κ1) is 16.7. The number of esters is 1. The molecule has 1 aromatic carbocycles. The first-order chi connectivity index (χ1) is 9.42. The Morgan fingerprint density at radius 1 is 1.45 bits per heavy atom. The van der Waals surface area contributed by atoms with E-state index in [-0.39, 0.29) is 5.91 Å². The van der Waals surface area contributed by atoms with Crippen LogP contribution in [0.15, 0.2) is 28.7 Å². The lowest BCUT2D eigenvalue weighted by Crippen LogP contribution is -2.47. The van der Waals surface area contributed by atoms with E-state index in [1.807, 2.05) is 36.2 Å². The summed E-state index contributed by atoms with van der Waals surface area (Å²) in [5.74, 6) is -0.697. The summed E-state index contributed by atoms with van der Waals surface area (Å²) in [6.07, 6.45) is 0. The highest BCUT2D eigenvalue weighted by atomic mass is 79.9. The molecule has 1 amide bonds. The van der Waals surface area contributed by atoms with Crippen LogP contribution >= 0.6 is 15.9 Å². The van der Waals surface area contributed by atoms with Gasteiger partial charge in [-0.15, -0.1) is 0 Å². The minimum atomic E-state index is -0.658. The number of hydrogen-bond acceptors (Lipinski definition) is 4. The van der Waals surface area contributed by atoms with Gasteiger partial charge < -0.3 is 10.1 Å². The number of ether oxygens (including phenoxy) is 1. The van der Waals surface area contributed by atoms with Gasteiger partial charge in [0.15, 0.2) is 0 Å². The smallest absolute Gasteiger partial charge is 0.329 e. The molecule has 0 fully saturated rings. The van der Waals surface area contributed by atoms with Crippen molar-refractivity contribution in [1.29, 1.82) is 0 Å². The van der Waals surface area contributed by atoms with Crippen molar-refractivity contribution in [3.63, 3.8) is 0 Å². The summed E-state index contributed by atoms with van der Waals surface area (Å²) in [4.78, 5) is 24.7. The van der Waals surface area contributed by atoms with Crippen molar-refractivity contribution in [2.45, 2.75) is 19.5 Å². The molecule has 0 heterocycles. The molecule has 110 valence electrons. The van der Waals surface area contributed by atoms with Crippen molar-refractivity contribution in [3.8, 4) is 0 Å². The van der Waals surface area contributed by atoms with Gasteiger partial charge in [0.05, 0.1) is 7.11 Å². The normalized spacial score (nSPS) is 12.1. The number of benzene rings is 1. The molecule has 1 aromatic rings. The molecule has 0 aliphatic rings. The Balaban J connectivity index is 2.63. The van der Waals surface area contributed by atoms with Gasteiger partial charge in [-0.3, -0.25) is 9.69 Å². The number of nitrogens with one attached hydrogen (secondary N) is 1. The number of amides is 1. The van der Waals surface area contributed by atoms with Crippen LogP contribution in [0.1, 0.15) is 12.5 Å². The zero-order valence-corrected chi connectivity index (χ0v) is 13.4. The Morgan fingerprint density at radius 2 is 2.15 bits per heavy atom. The zero-order valence-electron chi connectivity index (χ0n) is 11.9. The molecule has 0 aromatic heterocycles. The van der Waals surface area contributed by atoms with Crippen molar-refractivity contribution in [1.82, 2.24) is 10.2 Å². The first-order valence-corrected chi connectivity index (χ1v) is 6.99. The standard InChI is InChI=1S/C14H19BrN2O3/c1-10(18)16-13(14(19)20-3)9-17(2)8-11-5-4-6-12(15)7-11/h4-7,13H,8-9H2,1-3H3,(H,16,18). The largest absolute Gasteiger partial charge is 0.467 e. The average Bonchev–Trinajstić information content (AvgIpc) is 2.36. The van der Waals surface area contributed by atoms with E-state index >= 15 is 0 Å². The van der Waals surface area contributed by atoms with E-state index in [1.165, 1.54) is 14.0 Å². The Hall–Kier alpha value is -1.40. The number of methoxy groups -OCH3 is 1. The molecule has 0 spiro atoms. The monoisotopic (exact) mass is 342 g/mol. The number of hydrogen-bond donors (Lipinski definition) is 1. The van der Waals surface area contributed by atoms with E-state index in [9.17, 15) is 9.59 Å². The first-order valence-electron chi connectivity index (χ1n) is 6.20. The van der Waals surface area contributed by atoms with Crippen LogP contribution in [0.5, 0.6) is 0 Å². The van der Waals surface area contributed by atoms with Crippen LogP contribution < -0.4 is 5.32 Å². The van der Waals surface area contributed by atoms with Gasteiger partial charge in [0, 0.05) is 24.5 Å². The van der Waals surface area contributed by atoms with Crippen molar-refractivity contribution in [2.75, 3.05) is 20.7 Å². The maximum atomic E-state index is 11.6. The van der Waals surface area contributed by atoms with Crippen LogP contribution in [0.4, 0.5) is 0 Å². The molecule has 0 saturated heterocycles. The highest BCUT2D eigenvalue weighted by Crippen LogP contribution is 2.13. The van der Waals surface area contributed by atoms with Gasteiger partial charge in [-0.25, -0.2) is 4.79 Å². The number of carbonyl (C=O) groups excluding carboxylic acids is 2. The number of nitrogens with zero attached hydrogens (tertiary/aromatic N) is 1. The molecule has 1 unspecified atom stereocenters. The van der Waals surface area contributed by atoms with Gasteiger partial charge in [0.25, 0.3) is 0 Å². The van der Waals surface area contributed by atoms with Crippen LogP contribution in [0.3, 0.4) is 0 Å². The third kappa shape index (κ3) is 5.71. The number of carbonyl (C=O) groups is 2. The second-order valence-corrected chi connectivity index (χ2v) is 5.52. The Kier molecular flexibility index (Phi) is 6.67. The van der Waals surface area contributed by atoms with Crippen molar-refractivity contribution >= 4 is 27.8 Å². The van der Waals surface area contributed by atoms with E-state index in [4.69, 9.17) is 4.74 Å². The minimum absolute atomic E-state index is 0.253. The van der Waals surface area contributed by atoms with Gasteiger partial charge >= 0.3 is 5.97 Å². The van der Waals surface area contributed by atoms with Crippen LogP contribution in [-0.2, 0) is 20.9 Å². The Morgan fingerprint density at radius 3 is 2.70 bits per heavy atom. The molecule has 1 N–H and O–H groups in total. The fraction of sp³-hybridized carbons (Fsp3) is 0.429. The average molecular weight is 343 g/mol. The quantitative estimate of drug-likeness (QED) is 0.797. The van der Waals surface area contributed by atoms with Gasteiger partial charge in [0.2, 0.25) is 5.91 Å². The predicted molar refractivity (Wildman–Crippen MR) is 80.1 cm³/mol. The van der Waals surface area contributed by atoms with E-state index < -0.39 is 12.0 Å². The SMILES string of the molecule is COC(=O)C(CN(C)Cc1cccc(Br)c1)NC(C)=O. The molecule has 1 rings (SSSR count). The highest BCUT2D eigenvalue weighted by molar-refractivity contribution is 9.10. The van der Waals surface area contributed by atoms with E-state index in [0.717, 1.165) is 10.0 Å². The molecule has 5 nitrogen and oxygen atoms in total. The molecular weight excluding hydrogens is 324 g/mol. The molecule has 0 aliphatic heterocycles. The number of halogens is 1. The van der Waals surface area contributed by atoms with Gasteiger partial charge in [0.1, 0.15) is 6.04 Å². The summed E-state index contributed by atoms with van der Waals surface area (Å²) in [6, 6.07) is 7.28. The second-order valence-electron chi connectivity index (χ2n) is 4.60. The summed E-state index contributed by atoms with van der Waals surface area (Å²) in [6.45, 7) is 2.44. The Labute approximate surface area is 127 Å². The Bertz CT molecular complexity index is 479. The number of likely N-dealkylation sites (N-methyl/N-ethyl adjacent to an activating group) is 1. The van der Waals surface area contributed by atoms with E-state index in [2.05, 4.69) is 21.2 Å². The molecule has 6 heteroatoms. The van der Waals surface area contributed by atoms with Gasteiger partial charge in [-0.2, -0.15) is 0 Å². The summed E-state index contributed by atoms with van der Waals surface area (Å²) in [5, 5.41) is 2.59. The molecule has 0 bridgehead atoms. The van der Waals surface area contributed by atoms with Gasteiger partial charge in [-0.05, 0) is 24.7 Å². The predicted octanol–water partition coefficient (Wildman–Crippen LogP) is 1.56. The van der Waals surface area contributed by atoms with Crippen LogP contribution in [0.2, 0.25) is 0 Å². The molecule has 0 aliphatic carbocycles. The van der Waals surface area contributed by atoms with Crippen LogP contribution in [-0.4, -0.2) is 43.5 Å². The van der Waals surface area contributed by atoms with Crippen molar-refractivity contribution in [2.24, 2.45) is 0 Å². The van der Waals surface area contributed by atoms with Crippen LogP contribution in [0.25, 0.3) is 0 Å². The lowest BCUT2D eigenvalue weighted by Gasteiger charge is -2.23. The van der Waals surface area contributed by atoms with Crippen molar-refractivity contribution < 1.29 is 14.3 Å². The highest BCUT2D eigenvalue weighted by Gasteiger charge is 2.21. The third-order valence-electron chi connectivity index (χ3n) is 2.70. The summed E-state index contributed by atoms with van der Waals surface area (Å²) in [7, 11) is 3.20. The summed E-state index contributed by atoms with van der Waals surface area (Å²) in [5.41, 5.74) is 1.12. The molecular formula is C14H19BrN2O3. The fourth-order valence-corrected chi connectivity index (χ4v) is 2.34. The maximum absolute atomic E-state index is 11.6.